The predicted octanol–water partition coefficient (Wildman–Crippen LogP) is 1.47. The third kappa shape index (κ3) is 6.01. The molecule has 0 aliphatic carbocycles. The van der Waals surface area contributed by atoms with Crippen LogP contribution in [0.5, 0.6) is 0 Å². The van der Waals surface area contributed by atoms with Gasteiger partial charge in [-0.25, -0.2) is 13.1 Å². The predicted molar refractivity (Wildman–Crippen MR) is 86.1 cm³/mol. The van der Waals surface area contributed by atoms with Gasteiger partial charge in [0.15, 0.2) is 0 Å². The van der Waals surface area contributed by atoms with Crippen LogP contribution < -0.4 is 15.8 Å². The third-order valence-electron chi connectivity index (χ3n) is 2.69. The highest BCUT2D eigenvalue weighted by molar-refractivity contribution is 7.89. The lowest BCUT2D eigenvalue weighted by molar-refractivity contribution is -0.115. The second-order valence-electron chi connectivity index (χ2n) is 5.12. The molecule has 4 N–H and O–H groups in total. The van der Waals surface area contributed by atoms with Crippen LogP contribution in [0.2, 0.25) is 0 Å². The fourth-order valence-corrected chi connectivity index (χ4v) is 2.85. The second-order valence-corrected chi connectivity index (χ2v) is 6.80. The van der Waals surface area contributed by atoms with Crippen molar-refractivity contribution in [1.82, 2.24) is 4.72 Å². The van der Waals surface area contributed by atoms with Gasteiger partial charge in [0.1, 0.15) is 0 Å². The van der Waals surface area contributed by atoms with Gasteiger partial charge in [-0.05, 0) is 38.1 Å². The normalized spacial score (nSPS) is 11.6. The minimum atomic E-state index is -3.62. The Hall–Kier alpha value is -1.15. The van der Waals surface area contributed by atoms with Crippen LogP contribution in [0.4, 0.5) is 5.69 Å². The summed E-state index contributed by atoms with van der Waals surface area (Å²) in [7, 11) is -3.62. The van der Waals surface area contributed by atoms with Crippen LogP contribution in [0.25, 0.3) is 0 Å². The summed E-state index contributed by atoms with van der Waals surface area (Å²) in [6, 6.07) is 6.00. The monoisotopic (exact) mass is 335 g/mol. The van der Waals surface area contributed by atoms with Gasteiger partial charge < -0.3 is 11.1 Å². The van der Waals surface area contributed by atoms with Crippen molar-refractivity contribution in [2.75, 3.05) is 11.9 Å². The Morgan fingerprint density at radius 2 is 1.76 bits per heavy atom. The van der Waals surface area contributed by atoms with Gasteiger partial charge in [0.2, 0.25) is 15.9 Å². The molecule has 0 aromatic heterocycles. The van der Waals surface area contributed by atoms with E-state index in [-0.39, 0.29) is 29.8 Å². The summed E-state index contributed by atoms with van der Waals surface area (Å²) >= 11 is 0. The Morgan fingerprint density at radius 1 is 1.24 bits per heavy atom. The number of carbonyl (C=O) groups excluding carboxylic acids is 1. The SMILES string of the molecule is CCC(=O)Nc1ccc(S(=O)(=O)NC(C)(C)CN)cc1.Cl. The number of nitrogens with one attached hydrogen (secondary N) is 2. The largest absolute Gasteiger partial charge is 0.329 e. The molecule has 0 aliphatic rings. The standard InChI is InChI=1S/C13H21N3O3S.ClH/c1-4-12(17)15-10-5-7-11(8-6-10)20(18,19)16-13(2,3)9-14;/h5-8,16H,4,9,14H2,1-3H3,(H,15,17);1H. The van der Waals surface area contributed by atoms with E-state index >= 15 is 0 Å². The number of benzene rings is 1. The Morgan fingerprint density at radius 3 is 2.19 bits per heavy atom. The molecule has 0 bridgehead atoms. The van der Waals surface area contributed by atoms with E-state index in [1.165, 1.54) is 12.1 Å². The van der Waals surface area contributed by atoms with Crippen molar-refractivity contribution >= 4 is 34.0 Å². The maximum atomic E-state index is 12.1. The van der Waals surface area contributed by atoms with Gasteiger partial charge in [-0.2, -0.15) is 0 Å². The molecule has 0 radical (unpaired) electrons. The van der Waals surface area contributed by atoms with Crippen molar-refractivity contribution in [3.8, 4) is 0 Å². The summed E-state index contributed by atoms with van der Waals surface area (Å²) in [5, 5.41) is 2.66. The van der Waals surface area contributed by atoms with Crippen molar-refractivity contribution in [2.24, 2.45) is 5.73 Å². The summed E-state index contributed by atoms with van der Waals surface area (Å²) < 4.78 is 26.8. The molecule has 120 valence electrons. The van der Waals surface area contributed by atoms with Crippen molar-refractivity contribution in [2.45, 2.75) is 37.6 Å². The fraction of sp³-hybridized carbons (Fsp3) is 0.462. The van der Waals surface area contributed by atoms with Crippen LogP contribution in [0.1, 0.15) is 27.2 Å². The lowest BCUT2D eigenvalue weighted by atomic mass is 10.1. The van der Waals surface area contributed by atoms with Gasteiger partial charge in [-0.1, -0.05) is 6.92 Å². The first-order valence-electron chi connectivity index (χ1n) is 6.34. The number of sulfonamides is 1. The molecular formula is C13H22ClN3O3S. The quantitative estimate of drug-likeness (QED) is 0.732. The maximum absolute atomic E-state index is 12.1. The molecule has 0 saturated carbocycles. The Balaban J connectivity index is 0.00000400. The highest BCUT2D eigenvalue weighted by Crippen LogP contribution is 2.16. The molecule has 1 aromatic rings. The van der Waals surface area contributed by atoms with E-state index in [9.17, 15) is 13.2 Å². The average molecular weight is 336 g/mol. The Bertz CT molecular complexity index is 571. The van der Waals surface area contributed by atoms with Gasteiger partial charge in [-0.15, -0.1) is 12.4 Å². The van der Waals surface area contributed by atoms with Crippen LogP contribution in [-0.4, -0.2) is 26.4 Å². The zero-order valence-electron chi connectivity index (χ0n) is 12.3. The number of anilines is 1. The van der Waals surface area contributed by atoms with E-state index < -0.39 is 15.6 Å². The van der Waals surface area contributed by atoms with Crippen LogP contribution in [-0.2, 0) is 14.8 Å². The molecule has 1 aromatic carbocycles. The molecule has 21 heavy (non-hydrogen) atoms. The van der Waals surface area contributed by atoms with E-state index in [0.29, 0.717) is 12.1 Å². The minimum Gasteiger partial charge on any atom is -0.329 e. The van der Waals surface area contributed by atoms with Crippen molar-refractivity contribution in [3.05, 3.63) is 24.3 Å². The maximum Gasteiger partial charge on any atom is 0.241 e. The lowest BCUT2D eigenvalue weighted by Gasteiger charge is -2.23. The molecule has 0 fully saturated rings. The first-order valence-corrected chi connectivity index (χ1v) is 7.82. The van der Waals surface area contributed by atoms with E-state index in [1.807, 2.05) is 0 Å². The smallest absolute Gasteiger partial charge is 0.241 e. The van der Waals surface area contributed by atoms with Crippen LogP contribution in [0, 0.1) is 0 Å². The molecule has 8 heteroatoms. The Labute approximate surface area is 132 Å². The molecule has 0 heterocycles. The van der Waals surface area contributed by atoms with Crippen LogP contribution in [0.3, 0.4) is 0 Å². The number of halogens is 1. The van der Waals surface area contributed by atoms with E-state index in [1.54, 1.807) is 32.9 Å². The van der Waals surface area contributed by atoms with E-state index in [2.05, 4.69) is 10.0 Å². The lowest BCUT2D eigenvalue weighted by Crippen LogP contribution is -2.48. The van der Waals surface area contributed by atoms with Gasteiger partial charge in [0, 0.05) is 24.2 Å². The highest BCUT2D eigenvalue weighted by atomic mass is 35.5. The molecule has 0 aliphatic heterocycles. The molecule has 6 nitrogen and oxygen atoms in total. The number of rotatable bonds is 6. The van der Waals surface area contributed by atoms with E-state index in [4.69, 9.17) is 5.73 Å². The Kier molecular flexibility index (Phi) is 7.32. The van der Waals surface area contributed by atoms with Gasteiger partial charge in [-0.3, -0.25) is 4.79 Å². The number of amides is 1. The van der Waals surface area contributed by atoms with Gasteiger partial charge >= 0.3 is 0 Å². The summed E-state index contributed by atoms with van der Waals surface area (Å²) in [5.41, 5.74) is 5.36. The van der Waals surface area contributed by atoms with Crippen molar-refractivity contribution < 1.29 is 13.2 Å². The number of hydrogen-bond acceptors (Lipinski definition) is 4. The molecule has 0 saturated heterocycles. The topological polar surface area (TPSA) is 101 Å². The zero-order valence-corrected chi connectivity index (χ0v) is 14.0. The molecule has 0 spiro atoms. The first kappa shape index (κ1) is 19.9. The molecule has 0 unspecified atom stereocenters. The number of nitrogens with two attached hydrogens (primary N) is 1. The average Bonchev–Trinajstić information content (AvgIpc) is 2.38. The fourth-order valence-electron chi connectivity index (χ4n) is 1.43. The minimum absolute atomic E-state index is 0. The van der Waals surface area contributed by atoms with Crippen molar-refractivity contribution in [1.29, 1.82) is 0 Å². The second kappa shape index (κ2) is 7.74. The van der Waals surface area contributed by atoms with E-state index in [0.717, 1.165) is 0 Å². The zero-order chi connectivity index (χ0) is 15.4. The van der Waals surface area contributed by atoms with Crippen LogP contribution >= 0.6 is 12.4 Å². The summed E-state index contributed by atoms with van der Waals surface area (Å²) in [6.45, 7) is 5.35. The molecule has 1 amide bonds. The highest BCUT2D eigenvalue weighted by Gasteiger charge is 2.24. The van der Waals surface area contributed by atoms with Gasteiger partial charge in [0.25, 0.3) is 0 Å². The molecule has 1 rings (SSSR count). The summed E-state index contributed by atoms with van der Waals surface area (Å²) in [6.07, 6.45) is 0.367. The third-order valence-corrected chi connectivity index (χ3v) is 4.40. The number of hydrogen-bond donors (Lipinski definition) is 3. The molecule has 0 atom stereocenters. The first-order chi connectivity index (χ1) is 9.20. The van der Waals surface area contributed by atoms with Crippen molar-refractivity contribution in [3.63, 3.8) is 0 Å². The molecular weight excluding hydrogens is 314 g/mol. The van der Waals surface area contributed by atoms with Crippen LogP contribution in [0.15, 0.2) is 29.2 Å². The van der Waals surface area contributed by atoms with Gasteiger partial charge in [0.05, 0.1) is 4.90 Å². The summed E-state index contributed by atoms with van der Waals surface area (Å²) in [4.78, 5) is 11.4. The summed E-state index contributed by atoms with van der Waals surface area (Å²) in [5.74, 6) is -0.122. The number of carbonyl (C=O) groups is 1.